The topological polar surface area (TPSA) is 81.2 Å². The zero-order valence-electron chi connectivity index (χ0n) is 22.6. The van der Waals surface area contributed by atoms with Gasteiger partial charge in [0.05, 0.1) is 16.6 Å². The van der Waals surface area contributed by atoms with E-state index in [0.29, 0.717) is 39.0 Å². The third kappa shape index (κ3) is 4.60. The van der Waals surface area contributed by atoms with Gasteiger partial charge in [-0.05, 0) is 45.6 Å². The molecule has 1 N–H and O–H groups in total. The van der Waals surface area contributed by atoms with Crippen LogP contribution in [0.4, 0.5) is 0 Å². The van der Waals surface area contributed by atoms with E-state index in [0.717, 1.165) is 12.0 Å². The van der Waals surface area contributed by atoms with Crippen molar-refractivity contribution in [2.45, 2.75) is 68.2 Å². The van der Waals surface area contributed by atoms with Crippen LogP contribution in [0.1, 0.15) is 45.6 Å². The van der Waals surface area contributed by atoms with Gasteiger partial charge in [-0.25, -0.2) is 0 Å². The number of rotatable bonds is 7. The van der Waals surface area contributed by atoms with Gasteiger partial charge in [0.1, 0.15) is 6.04 Å². The average Bonchev–Trinajstić information content (AvgIpc) is 3.18. The molecule has 0 radical (unpaired) electrons. The maximum atomic E-state index is 14.3. The SMILES string of the molecule is CC(C)(C)N1CC=C[C@]23S[C@@H]4C=CCN(Cc5ccccc5)C(=O)[C@@H]4[C@H]2C(=O)N(CCCCCO)C3C1=O. The number of carbonyl (C=O) groups excluding carboxylic acids is 3. The second-order valence-corrected chi connectivity index (χ2v) is 13.3. The van der Waals surface area contributed by atoms with Crippen LogP contribution in [0.15, 0.2) is 54.6 Å². The Labute approximate surface area is 229 Å². The predicted octanol–water partition coefficient (Wildman–Crippen LogP) is 3.24. The molecule has 0 bridgehead atoms. The van der Waals surface area contributed by atoms with Crippen molar-refractivity contribution in [3.63, 3.8) is 0 Å². The summed E-state index contributed by atoms with van der Waals surface area (Å²) < 4.78 is -0.782. The lowest BCUT2D eigenvalue weighted by Crippen LogP contribution is -2.57. The van der Waals surface area contributed by atoms with Crippen molar-refractivity contribution in [2.75, 3.05) is 26.2 Å². The Bertz CT molecular complexity index is 1130. The molecule has 4 aliphatic rings. The number of hydrogen-bond donors (Lipinski definition) is 1. The fourth-order valence-electron chi connectivity index (χ4n) is 6.55. The Kier molecular flexibility index (Phi) is 7.48. The highest BCUT2D eigenvalue weighted by molar-refractivity contribution is 8.02. The van der Waals surface area contributed by atoms with Gasteiger partial charge in [-0.2, -0.15) is 0 Å². The average molecular weight is 538 g/mol. The Morgan fingerprint density at radius 1 is 0.974 bits per heavy atom. The number of likely N-dealkylation sites (tertiary alicyclic amines) is 1. The minimum atomic E-state index is -0.782. The van der Waals surface area contributed by atoms with Crippen molar-refractivity contribution < 1.29 is 19.5 Å². The predicted molar refractivity (Wildman–Crippen MR) is 149 cm³/mol. The zero-order valence-corrected chi connectivity index (χ0v) is 23.4. The van der Waals surface area contributed by atoms with Crippen molar-refractivity contribution in [1.82, 2.24) is 14.7 Å². The first-order valence-corrected chi connectivity index (χ1v) is 14.6. The summed E-state index contributed by atoms with van der Waals surface area (Å²) in [5.41, 5.74) is 0.659. The summed E-state index contributed by atoms with van der Waals surface area (Å²) in [7, 11) is 0. The quantitative estimate of drug-likeness (QED) is 0.427. The van der Waals surface area contributed by atoms with Gasteiger partial charge < -0.3 is 19.8 Å². The molecule has 4 heterocycles. The summed E-state index contributed by atoms with van der Waals surface area (Å²) in [6, 6.07) is 9.29. The number of aliphatic hydroxyl groups is 1. The number of unbranched alkanes of at least 4 members (excludes halogenated alkanes) is 2. The molecule has 5 rings (SSSR count). The first kappa shape index (κ1) is 27.0. The maximum Gasteiger partial charge on any atom is 0.247 e. The number of aliphatic hydroxyl groups excluding tert-OH is 1. The molecule has 8 heteroatoms. The lowest BCUT2D eigenvalue weighted by molar-refractivity contribution is -0.146. The van der Waals surface area contributed by atoms with E-state index in [9.17, 15) is 19.5 Å². The third-order valence-electron chi connectivity index (χ3n) is 8.33. The van der Waals surface area contributed by atoms with Crippen LogP contribution >= 0.6 is 11.8 Å². The number of carbonyl (C=O) groups is 3. The van der Waals surface area contributed by atoms with E-state index in [-0.39, 0.29) is 29.6 Å². The van der Waals surface area contributed by atoms with E-state index in [4.69, 9.17) is 0 Å². The van der Waals surface area contributed by atoms with Crippen molar-refractivity contribution in [3.05, 3.63) is 60.2 Å². The van der Waals surface area contributed by atoms with Gasteiger partial charge in [0, 0.05) is 43.6 Å². The second-order valence-electron chi connectivity index (χ2n) is 11.8. The van der Waals surface area contributed by atoms with E-state index in [2.05, 4.69) is 12.2 Å². The molecular formula is C30H39N3O4S. The molecule has 5 atom stereocenters. The Hall–Kier alpha value is -2.58. The van der Waals surface area contributed by atoms with Crippen molar-refractivity contribution in [3.8, 4) is 0 Å². The van der Waals surface area contributed by atoms with Gasteiger partial charge in [0.2, 0.25) is 17.7 Å². The van der Waals surface area contributed by atoms with Gasteiger partial charge >= 0.3 is 0 Å². The van der Waals surface area contributed by atoms with Crippen LogP contribution in [0.5, 0.6) is 0 Å². The molecule has 2 saturated heterocycles. The molecule has 1 aromatic rings. The van der Waals surface area contributed by atoms with Crippen LogP contribution in [-0.4, -0.2) is 85.3 Å². The molecule has 0 aromatic heterocycles. The van der Waals surface area contributed by atoms with Crippen LogP contribution < -0.4 is 0 Å². The van der Waals surface area contributed by atoms with Gasteiger partial charge in [0.15, 0.2) is 0 Å². The summed E-state index contributed by atoms with van der Waals surface area (Å²) in [5.74, 6) is -1.24. The minimum absolute atomic E-state index is 0.00904. The molecular weight excluding hydrogens is 498 g/mol. The van der Waals surface area contributed by atoms with E-state index < -0.39 is 28.2 Å². The minimum Gasteiger partial charge on any atom is -0.396 e. The largest absolute Gasteiger partial charge is 0.396 e. The Morgan fingerprint density at radius 2 is 1.74 bits per heavy atom. The monoisotopic (exact) mass is 537 g/mol. The first-order chi connectivity index (χ1) is 18.2. The van der Waals surface area contributed by atoms with E-state index in [1.165, 1.54) is 0 Å². The fourth-order valence-corrected chi connectivity index (χ4v) is 8.56. The molecule has 3 amide bonds. The number of thioether (sulfide) groups is 1. The molecule has 204 valence electrons. The number of amides is 3. The standard InChI is InChI=1S/C30H39N3O4S/c1-29(2,3)33-18-11-15-30-24(27(36)32(25(30)28(33)37)17-8-5-9-19-34)23-22(38-30)14-10-16-31(26(23)35)20-21-12-6-4-7-13-21/h4,6-7,10-15,22-25,34H,5,8-9,16-20H2,1-3H3/t22-,23+,24+,25?,30+/m1/s1. The number of fused-ring (bicyclic) bond motifs is 2. The smallest absolute Gasteiger partial charge is 0.247 e. The first-order valence-electron chi connectivity index (χ1n) is 13.8. The third-order valence-corrected chi connectivity index (χ3v) is 10.1. The lowest BCUT2D eigenvalue weighted by Gasteiger charge is -2.40. The van der Waals surface area contributed by atoms with Crippen LogP contribution in [0, 0.1) is 11.8 Å². The van der Waals surface area contributed by atoms with Crippen LogP contribution in [0.2, 0.25) is 0 Å². The van der Waals surface area contributed by atoms with Gasteiger partial charge in [-0.15, -0.1) is 11.8 Å². The highest BCUT2D eigenvalue weighted by Crippen LogP contribution is 2.61. The zero-order chi connectivity index (χ0) is 27.1. The molecule has 38 heavy (non-hydrogen) atoms. The highest BCUT2D eigenvalue weighted by atomic mass is 32.2. The summed E-state index contributed by atoms with van der Waals surface area (Å²) >= 11 is 1.63. The van der Waals surface area contributed by atoms with Crippen LogP contribution in [-0.2, 0) is 20.9 Å². The Balaban J connectivity index is 1.52. The summed E-state index contributed by atoms with van der Waals surface area (Å²) in [5, 5.41) is 9.09. The van der Waals surface area contributed by atoms with Gasteiger partial charge in [0.25, 0.3) is 0 Å². The number of benzene rings is 1. The lowest BCUT2D eigenvalue weighted by atomic mass is 9.78. The highest BCUT2D eigenvalue weighted by Gasteiger charge is 2.71. The molecule has 4 aliphatic heterocycles. The summed E-state index contributed by atoms with van der Waals surface area (Å²) in [4.78, 5) is 48.1. The van der Waals surface area contributed by atoms with E-state index in [1.54, 1.807) is 16.7 Å². The molecule has 1 aromatic carbocycles. The molecule has 1 unspecified atom stereocenters. The maximum absolute atomic E-state index is 14.3. The number of hydrogen-bond acceptors (Lipinski definition) is 5. The summed E-state index contributed by atoms with van der Waals surface area (Å²) in [6.45, 7) is 8.13. The molecule has 0 saturated carbocycles. The number of nitrogens with zero attached hydrogens (tertiary/aromatic N) is 3. The molecule has 0 aliphatic carbocycles. The normalized spacial score (nSPS) is 30.8. The van der Waals surface area contributed by atoms with Crippen LogP contribution in [0.25, 0.3) is 0 Å². The fraction of sp³-hybridized carbons (Fsp3) is 0.567. The van der Waals surface area contributed by atoms with Gasteiger partial charge in [-0.3, -0.25) is 14.4 Å². The van der Waals surface area contributed by atoms with Crippen molar-refractivity contribution in [1.29, 1.82) is 0 Å². The molecule has 7 nitrogen and oxygen atoms in total. The van der Waals surface area contributed by atoms with Gasteiger partial charge in [-0.1, -0.05) is 54.6 Å². The summed E-state index contributed by atoms with van der Waals surface area (Å²) in [6.07, 6.45) is 10.4. The molecule has 2 fully saturated rings. The van der Waals surface area contributed by atoms with E-state index >= 15 is 0 Å². The molecule has 1 spiro atoms. The van der Waals surface area contributed by atoms with E-state index in [1.807, 2.05) is 73.1 Å². The Morgan fingerprint density at radius 3 is 2.45 bits per heavy atom. The van der Waals surface area contributed by atoms with Crippen molar-refractivity contribution in [2.24, 2.45) is 11.8 Å². The van der Waals surface area contributed by atoms with Crippen molar-refractivity contribution >= 4 is 29.5 Å². The second kappa shape index (κ2) is 10.5. The van der Waals surface area contributed by atoms with Crippen LogP contribution in [0.3, 0.4) is 0 Å².